The molecule has 4 heteroatoms. The minimum atomic E-state index is -0.159. The zero-order valence-corrected chi connectivity index (χ0v) is 12.4. The van der Waals surface area contributed by atoms with Crippen molar-refractivity contribution in [2.75, 3.05) is 6.54 Å². The van der Waals surface area contributed by atoms with Crippen molar-refractivity contribution in [3.05, 3.63) is 36.0 Å². The molecular formula is C16H23N3O. The number of benzene rings is 1. The summed E-state index contributed by atoms with van der Waals surface area (Å²) in [5, 5.41) is 7.51. The molecule has 0 aliphatic carbocycles. The van der Waals surface area contributed by atoms with E-state index in [4.69, 9.17) is 0 Å². The van der Waals surface area contributed by atoms with Crippen LogP contribution in [0.5, 0.6) is 0 Å². The molecule has 4 nitrogen and oxygen atoms in total. The number of hydrogen-bond donors (Lipinski definition) is 3. The molecule has 0 aliphatic rings. The molecule has 0 fully saturated rings. The molecule has 1 amide bonds. The quantitative estimate of drug-likeness (QED) is 0.733. The average Bonchev–Trinajstić information content (AvgIpc) is 2.76. The molecule has 0 saturated carbocycles. The Balaban J connectivity index is 1.78. The van der Waals surface area contributed by atoms with Crippen molar-refractivity contribution < 1.29 is 4.79 Å². The van der Waals surface area contributed by atoms with Crippen molar-refractivity contribution in [1.82, 2.24) is 15.6 Å². The molecule has 0 atom stereocenters. The number of aromatic amines is 1. The summed E-state index contributed by atoms with van der Waals surface area (Å²) in [4.78, 5) is 14.9. The van der Waals surface area contributed by atoms with Crippen LogP contribution in [0.2, 0.25) is 0 Å². The van der Waals surface area contributed by atoms with Gasteiger partial charge in [-0.05, 0) is 32.4 Å². The number of amides is 1. The lowest BCUT2D eigenvalue weighted by Gasteiger charge is -2.20. The summed E-state index contributed by atoms with van der Waals surface area (Å²) in [6, 6.07) is 8.23. The third-order valence-corrected chi connectivity index (χ3v) is 3.03. The Morgan fingerprint density at radius 2 is 2.00 bits per heavy atom. The highest BCUT2D eigenvalue weighted by Gasteiger charge is 2.12. The van der Waals surface area contributed by atoms with Crippen LogP contribution in [-0.2, 0) is 11.3 Å². The number of hydrogen-bond acceptors (Lipinski definition) is 2. The first-order valence-electron chi connectivity index (χ1n) is 7.02. The molecule has 2 rings (SSSR count). The van der Waals surface area contributed by atoms with Crippen molar-refractivity contribution in [3.8, 4) is 0 Å². The van der Waals surface area contributed by atoms with Crippen LogP contribution in [0.3, 0.4) is 0 Å². The highest BCUT2D eigenvalue weighted by Crippen LogP contribution is 2.17. The number of rotatable bonds is 5. The SMILES string of the molecule is CC(C)(C)NC(=O)CCNCc1c[nH]c2ccccc12. The molecule has 20 heavy (non-hydrogen) atoms. The van der Waals surface area contributed by atoms with Gasteiger partial charge in [0.2, 0.25) is 5.91 Å². The van der Waals surface area contributed by atoms with Gasteiger partial charge in [0.1, 0.15) is 0 Å². The molecule has 0 aliphatic heterocycles. The third kappa shape index (κ3) is 4.10. The summed E-state index contributed by atoms with van der Waals surface area (Å²) in [7, 11) is 0. The Bertz CT molecular complexity index is 581. The van der Waals surface area contributed by atoms with E-state index in [2.05, 4.69) is 27.8 Å². The van der Waals surface area contributed by atoms with Gasteiger partial charge in [-0.3, -0.25) is 4.79 Å². The summed E-state index contributed by atoms with van der Waals surface area (Å²) in [5.41, 5.74) is 2.22. The fourth-order valence-electron chi connectivity index (χ4n) is 2.18. The highest BCUT2D eigenvalue weighted by atomic mass is 16.1. The van der Waals surface area contributed by atoms with Crippen LogP contribution >= 0.6 is 0 Å². The van der Waals surface area contributed by atoms with Gasteiger partial charge in [-0.25, -0.2) is 0 Å². The summed E-state index contributed by atoms with van der Waals surface area (Å²) in [6.07, 6.45) is 2.52. The largest absolute Gasteiger partial charge is 0.361 e. The van der Waals surface area contributed by atoms with Crippen molar-refractivity contribution in [2.24, 2.45) is 0 Å². The third-order valence-electron chi connectivity index (χ3n) is 3.03. The number of carbonyl (C=O) groups excluding carboxylic acids is 1. The second-order valence-electron chi connectivity index (χ2n) is 6.08. The van der Waals surface area contributed by atoms with E-state index in [0.717, 1.165) is 12.1 Å². The smallest absolute Gasteiger partial charge is 0.221 e. The van der Waals surface area contributed by atoms with Crippen molar-refractivity contribution in [1.29, 1.82) is 0 Å². The summed E-state index contributed by atoms with van der Waals surface area (Å²) >= 11 is 0. The van der Waals surface area contributed by atoms with Crippen LogP contribution in [0.4, 0.5) is 0 Å². The first-order valence-corrected chi connectivity index (χ1v) is 7.02. The Hall–Kier alpha value is -1.81. The van der Waals surface area contributed by atoms with Crippen molar-refractivity contribution >= 4 is 16.8 Å². The molecule has 0 saturated heterocycles. The Kier molecular flexibility index (Phi) is 4.45. The zero-order chi connectivity index (χ0) is 14.6. The Morgan fingerprint density at radius 1 is 1.25 bits per heavy atom. The van der Waals surface area contributed by atoms with Gasteiger partial charge in [-0.15, -0.1) is 0 Å². The average molecular weight is 273 g/mol. The number of nitrogens with one attached hydrogen (secondary N) is 3. The molecule has 0 spiro atoms. The van der Waals surface area contributed by atoms with Gasteiger partial charge >= 0.3 is 0 Å². The van der Waals surface area contributed by atoms with Gasteiger partial charge in [-0.1, -0.05) is 18.2 Å². The van der Waals surface area contributed by atoms with E-state index in [9.17, 15) is 4.79 Å². The molecule has 0 unspecified atom stereocenters. The standard InChI is InChI=1S/C16H23N3O/c1-16(2,3)19-15(20)8-9-17-10-12-11-18-14-7-5-4-6-13(12)14/h4-7,11,17-18H,8-10H2,1-3H3,(H,19,20). The molecule has 3 N–H and O–H groups in total. The van der Waals surface area contributed by atoms with E-state index in [-0.39, 0.29) is 11.4 Å². The number of fused-ring (bicyclic) bond motifs is 1. The van der Waals surface area contributed by atoms with Crippen LogP contribution in [0.1, 0.15) is 32.8 Å². The molecule has 1 aromatic heterocycles. The zero-order valence-electron chi connectivity index (χ0n) is 12.4. The lowest BCUT2D eigenvalue weighted by Crippen LogP contribution is -2.41. The first kappa shape index (κ1) is 14.6. The predicted octanol–water partition coefficient (Wildman–Crippen LogP) is 2.56. The first-order chi connectivity index (χ1) is 9.46. The molecule has 2 aromatic rings. The molecule has 1 aromatic carbocycles. The number of H-pyrrole nitrogens is 1. The van der Waals surface area contributed by atoms with Gasteiger partial charge in [0.15, 0.2) is 0 Å². The molecule has 0 bridgehead atoms. The second kappa shape index (κ2) is 6.09. The molecular weight excluding hydrogens is 250 g/mol. The van der Waals surface area contributed by atoms with E-state index in [1.807, 2.05) is 39.1 Å². The van der Waals surface area contributed by atoms with Crippen LogP contribution in [0.25, 0.3) is 10.9 Å². The van der Waals surface area contributed by atoms with Gasteiger partial charge < -0.3 is 15.6 Å². The van der Waals surface area contributed by atoms with E-state index in [1.165, 1.54) is 10.9 Å². The minimum Gasteiger partial charge on any atom is -0.361 e. The maximum absolute atomic E-state index is 11.7. The van der Waals surface area contributed by atoms with Gasteiger partial charge in [0.05, 0.1) is 0 Å². The normalized spacial score (nSPS) is 11.8. The van der Waals surface area contributed by atoms with Gasteiger partial charge in [0.25, 0.3) is 0 Å². The molecule has 0 radical (unpaired) electrons. The molecule has 108 valence electrons. The summed E-state index contributed by atoms with van der Waals surface area (Å²) < 4.78 is 0. The van der Waals surface area contributed by atoms with Gasteiger partial charge in [0, 0.05) is 42.1 Å². The van der Waals surface area contributed by atoms with E-state index >= 15 is 0 Å². The predicted molar refractivity (Wildman–Crippen MR) is 82.5 cm³/mol. The summed E-state index contributed by atoms with van der Waals surface area (Å²) in [6.45, 7) is 7.42. The lowest BCUT2D eigenvalue weighted by atomic mass is 10.1. The fourth-order valence-corrected chi connectivity index (χ4v) is 2.18. The monoisotopic (exact) mass is 273 g/mol. The van der Waals surface area contributed by atoms with Crippen LogP contribution in [-0.4, -0.2) is 23.0 Å². The summed E-state index contributed by atoms with van der Waals surface area (Å²) in [5.74, 6) is 0.0870. The fraction of sp³-hybridized carbons (Fsp3) is 0.438. The van der Waals surface area contributed by atoms with E-state index < -0.39 is 0 Å². The van der Waals surface area contributed by atoms with Crippen molar-refractivity contribution in [3.63, 3.8) is 0 Å². The van der Waals surface area contributed by atoms with Crippen LogP contribution < -0.4 is 10.6 Å². The van der Waals surface area contributed by atoms with Crippen LogP contribution in [0.15, 0.2) is 30.5 Å². The maximum atomic E-state index is 11.7. The number of aromatic nitrogens is 1. The van der Waals surface area contributed by atoms with Crippen LogP contribution in [0, 0.1) is 0 Å². The van der Waals surface area contributed by atoms with E-state index in [0.29, 0.717) is 13.0 Å². The van der Waals surface area contributed by atoms with Gasteiger partial charge in [-0.2, -0.15) is 0 Å². The molecule has 1 heterocycles. The van der Waals surface area contributed by atoms with Crippen molar-refractivity contribution in [2.45, 2.75) is 39.3 Å². The minimum absolute atomic E-state index is 0.0870. The van der Waals surface area contributed by atoms with E-state index in [1.54, 1.807) is 0 Å². The number of carbonyl (C=O) groups is 1. The second-order valence-corrected chi connectivity index (χ2v) is 6.08. The lowest BCUT2D eigenvalue weighted by molar-refractivity contribution is -0.122. The maximum Gasteiger partial charge on any atom is 0.221 e. The topological polar surface area (TPSA) is 56.9 Å². The number of para-hydroxylation sites is 1. The highest BCUT2D eigenvalue weighted by molar-refractivity contribution is 5.83. The Morgan fingerprint density at radius 3 is 2.75 bits per heavy atom. The Labute approximate surface area is 120 Å².